The molecule has 1 fully saturated rings. The molecule has 0 radical (unpaired) electrons. The average molecular weight is 402 g/mol. The summed E-state index contributed by atoms with van der Waals surface area (Å²) in [5.74, 6) is 0.0448. The fourth-order valence-electron chi connectivity index (χ4n) is 3.14. The zero-order valence-electron chi connectivity index (χ0n) is 14.3. The summed E-state index contributed by atoms with van der Waals surface area (Å²) in [6, 6.07) is 18.3. The van der Waals surface area contributed by atoms with Crippen molar-refractivity contribution in [2.75, 3.05) is 38.0 Å². The normalized spacial score (nSPS) is 16.4. The van der Waals surface area contributed by atoms with Crippen LogP contribution in [-0.4, -0.2) is 48.4 Å². The summed E-state index contributed by atoms with van der Waals surface area (Å²) >= 11 is 3.47. The number of halogens is 1. The molecule has 1 heterocycles. The number of benzene rings is 2. The third-order valence-corrected chi connectivity index (χ3v) is 5.14. The standard InChI is InChI=1S/C20H24BrN3O/c21-18-9-4-5-10-19(18)22-20(25)16-24-12-6-11-23(13-14-24)15-17-7-2-1-3-8-17/h1-5,7-10H,6,11-16H2,(H,22,25). The maximum absolute atomic E-state index is 12.3. The lowest BCUT2D eigenvalue weighted by Crippen LogP contribution is -2.36. The van der Waals surface area contributed by atoms with Gasteiger partial charge >= 0.3 is 0 Å². The van der Waals surface area contributed by atoms with Crippen molar-refractivity contribution in [3.8, 4) is 0 Å². The number of anilines is 1. The van der Waals surface area contributed by atoms with Crippen LogP contribution in [0.5, 0.6) is 0 Å². The summed E-state index contributed by atoms with van der Waals surface area (Å²) in [4.78, 5) is 17.1. The highest BCUT2D eigenvalue weighted by molar-refractivity contribution is 9.10. The summed E-state index contributed by atoms with van der Waals surface area (Å²) < 4.78 is 0.910. The molecule has 0 saturated carbocycles. The van der Waals surface area contributed by atoms with Gasteiger partial charge in [-0.05, 0) is 53.1 Å². The van der Waals surface area contributed by atoms with Crippen LogP contribution in [0.15, 0.2) is 59.1 Å². The van der Waals surface area contributed by atoms with Crippen molar-refractivity contribution < 1.29 is 4.79 Å². The quantitative estimate of drug-likeness (QED) is 0.830. The number of hydrogen-bond acceptors (Lipinski definition) is 3. The molecule has 3 rings (SSSR count). The molecule has 1 aliphatic rings. The van der Waals surface area contributed by atoms with Gasteiger partial charge in [0, 0.05) is 24.1 Å². The van der Waals surface area contributed by atoms with E-state index < -0.39 is 0 Å². The van der Waals surface area contributed by atoms with Gasteiger partial charge < -0.3 is 5.32 Å². The van der Waals surface area contributed by atoms with Gasteiger partial charge in [0.25, 0.3) is 0 Å². The van der Waals surface area contributed by atoms with Crippen LogP contribution in [0.3, 0.4) is 0 Å². The summed E-state index contributed by atoms with van der Waals surface area (Å²) in [7, 11) is 0. The smallest absolute Gasteiger partial charge is 0.238 e. The molecule has 0 unspecified atom stereocenters. The van der Waals surface area contributed by atoms with Gasteiger partial charge in [0.05, 0.1) is 12.2 Å². The zero-order valence-corrected chi connectivity index (χ0v) is 15.9. The second-order valence-electron chi connectivity index (χ2n) is 6.42. The first kappa shape index (κ1) is 18.1. The molecular weight excluding hydrogens is 378 g/mol. The van der Waals surface area contributed by atoms with Gasteiger partial charge in [0.15, 0.2) is 0 Å². The van der Waals surface area contributed by atoms with E-state index in [0.29, 0.717) is 6.54 Å². The van der Waals surface area contributed by atoms with Crippen molar-refractivity contribution in [3.05, 3.63) is 64.6 Å². The van der Waals surface area contributed by atoms with Gasteiger partial charge in [-0.2, -0.15) is 0 Å². The number of rotatable bonds is 5. The summed E-state index contributed by atoms with van der Waals surface area (Å²) in [6.45, 7) is 5.40. The lowest BCUT2D eigenvalue weighted by Gasteiger charge is -2.21. The molecule has 25 heavy (non-hydrogen) atoms. The molecule has 1 amide bonds. The van der Waals surface area contributed by atoms with E-state index in [1.165, 1.54) is 5.56 Å². The van der Waals surface area contributed by atoms with E-state index in [1.54, 1.807) is 0 Å². The van der Waals surface area contributed by atoms with Crippen molar-refractivity contribution in [1.82, 2.24) is 9.80 Å². The van der Waals surface area contributed by atoms with Crippen LogP contribution in [-0.2, 0) is 11.3 Å². The molecule has 5 heteroatoms. The highest BCUT2D eigenvalue weighted by Crippen LogP contribution is 2.21. The van der Waals surface area contributed by atoms with Crippen molar-refractivity contribution in [2.24, 2.45) is 0 Å². The van der Waals surface area contributed by atoms with Gasteiger partial charge in [-0.1, -0.05) is 42.5 Å². The number of amides is 1. The second-order valence-corrected chi connectivity index (χ2v) is 7.27. The Morgan fingerprint density at radius 3 is 2.40 bits per heavy atom. The fraction of sp³-hybridized carbons (Fsp3) is 0.350. The molecule has 0 aromatic heterocycles. The van der Waals surface area contributed by atoms with Gasteiger partial charge in [-0.3, -0.25) is 14.6 Å². The third-order valence-electron chi connectivity index (χ3n) is 4.45. The maximum Gasteiger partial charge on any atom is 0.238 e. The van der Waals surface area contributed by atoms with Crippen LogP contribution in [0.1, 0.15) is 12.0 Å². The lowest BCUT2D eigenvalue weighted by atomic mass is 10.2. The molecule has 1 N–H and O–H groups in total. The highest BCUT2D eigenvalue weighted by Gasteiger charge is 2.17. The second kappa shape index (κ2) is 9.13. The summed E-state index contributed by atoms with van der Waals surface area (Å²) in [5, 5.41) is 2.99. The minimum atomic E-state index is 0.0448. The number of carbonyl (C=O) groups is 1. The van der Waals surface area contributed by atoms with E-state index in [4.69, 9.17) is 0 Å². The van der Waals surface area contributed by atoms with Gasteiger partial charge in [-0.15, -0.1) is 0 Å². The lowest BCUT2D eigenvalue weighted by molar-refractivity contribution is -0.117. The first-order valence-electron chi connectivity index (χ1n) is 8.74. The number of carbonyl (C=O) groups excluding carboxylic acids is 1. The Morgan fingerprint density at radius 1 is 0.920 bits per heavy atom. The topological polar surface area (TPSA) is 35.6 Å². The Balaban J connectivity index is 1.48. The molecule has 0 aliphatic carbocycles. The Bertz CT molecular complexity index is 692. The monoisotopic (exact) mass is 401 g/mol. The Labute approximate surface area is 158 Å². The van der Waals surface area contributed by atoms with Crippen LogP contribution in [0, 0.1) is 0 Å². The van der Waals surface area contributed by atoms with Gasteiger partial charge in [0.2, 0.25) is 5.91 Å². The van der Waals surface area contributed by atoms with Crippen LogP contribution in [0.25, 0.3) is 0 Å². The molecule has 2 aromatic rings. The molecule has 0 bridgehead atoms. The Morgan fingerprint density at radius 2 is 1.60 bits per heavy atom. The van der Waals surface area contributed by atoms with Crippen molar-refractivity contribution >= 4 is 27.5 Å². The van der Waals surface area contributed by atoms with E-state index in [0.717, 1.165) is 49.3 Å². The van der Waals surface area contributed by atoms with Crippen molar-refractivity contribution in [3.63, 3.8) is 0 Å². The number of nitrogens with zero attached hydrogens (tertiary/aromatic N) is 2. The van der Waals surface area contributed by atoms with Crippen LogP contribution < -0.4 is 5.32 Å². The van der Waals surface area contributed by atoms with E-state index in [1.807, 2.05) is 24.3 Å². The third kappa shape index (κ3) is 5.66. The molecule has 1 aliphatic heterocycles. The number of nitrogens with one attached hydrogen (secondary N) is 1. The molecule has 0 atom stereocenters. The largest absolute Gasteiger partial charge is 0.324 e. The van der Waals surface area contributed by atoms with Crippen LogP contribution in [0.2, 0.25) is 0 Å². The number of para-hydroxylation sites is 1. The predicted octanol–water partition coefficient (Wildman–Crippen LogP) is 3.60. The average Bonchev–Trinajstić information content (AvgIpc) is 2.83. The Hall–Kier alpha value is -1.69. The van der Waals surface area contributed by atoms with Gasteiger partial charge in [0.1, 0.15) is 0 Å². The maximum atomic E-state index is 12.3. The Kier molecular flexibility index (Phi) is 6.62. The number of hydrogen-bond donors (Lipinski definition) is 1. The molecule has 132 valence electrons. The van der Waals surface area contributed by atoms with E-state index in [9.17, 15) is 4.79 Å². The summed E-state index contributed by atoms with van der Waals surface area (Å²) in [6.07, 6.45) is 1.09. The first-order chi connectivity index (χ1) is 12.2. The van der Waals surface area contributed by atoms with Gasteiger partial charge in [-0.25, -0.2) is 0 Å². The fourth-order valence-corrected chi connectivity index (χ4v) is 3.52. The van der Waals surface area contributed by atoms with Crippen LogP contribution in [0.4, 0.5) is 5.69 Å². The first-order valence-corrected chi connectivity index (χ1v) is 9.53. The van der Waals surface area contributed by atoms with E-state index >= 15 is 0 Å². The summed E-state index contributed by atoms with van der Waals surface area (Å²) in [5.41, 5.74) is 2.18. The van der Waals surface area contributed by atoms with E-state index in [-0.39, 0.29) is 5.91 Å². The minimum absolute atomic E-state index is 0.0448. The van der Waals surface area contributed by atoms with Crippen molar-refractivity contribution in [1.29, 1.82) is 0 Å². The zero-order chi connectivity index (χ0) is 17.5. The molecule has 1 saturated heterocycles. The van der Waals surface area contributed by atoms with E-state index in [2.05, 4.69) is 61.4 Å². The molecular formula is C20H24BrN3O. The SMILES string of the molecule is O=C(CN1CCCN(Cc2ccccc2)CC1)Nc1ccccc1Br. The molecule has 4 nitrogen and oxygen atoms in total. The van der Waals surface area contributed by atoms with Crippen LogP contribution >= 0.6 is 15.9 Å². The minimum Gasteiger partial charge on any atom is -0.324 e. The van der Waals surface area contributed by atoms with Crippen molar-refractivity contribution in [2.45, 2.75) is 13.0 Å². The predicted molar refractivity (Wildman–Crippen MR) is 106 cm³/mol. The highest BCUT2D eigenvalue weighted by atomic mass is 79.9. The molecule has 0 spiro atoms. The molecule has 2 aromatic carbocycles.